The molecule has 0 radical (unpaired) electrons. The third-order valence-corrected chi connectivity index (χ3v) is 6.18. The number of amides is 1. The lowest BCUT2D eigenvalue weighted by molar-refractivity contribution is 0.0756. The highest BCUT2D eigenvalue weighted by molar-refractivity contribution is 5.92. The maximum Gasteiger partial charge on any atom is 0.274 e. The van der Waals surface area contributed by atoms with Gasteiger partial charge in [0.1, 0.15) is 0 Å². The molecule has 1 aromatic carbocycles. The molecule has 2 fully saturated rings. The first-order chi connectivity index (χ1) is 14.2. The van der Waals surface area contributed by atoms with Gasteiger partial charge in [-0.25, -0.2) is 0 Å². The monoisotopic (exact) mass is 393 g/mol. The van der Waals surface area contributed by atoms with Crippen molar-refractivity contribution in [1.82, 2.24) is 20.0 Å². The lowest BCUT2D eigenvalue weighted by Gasteiger charge is -2.32. The zero-order valence-corrected chi connectivity index (χ0v) is 17.3. The number of nitrogens with zero attached hydrogens (tertiary/aromatic N) is 5. The van der Waals surface area contributed by atoms with Gasteiger partial charge in [-0.15, -0.1) is 10.2 Å². The fourth-order valence-corrected chi connectivity index (χ4v) is 4.33. The number of rotatable bonds is 4. The molecule has 6 nitrogen and oxygen atoms in total. The van der Waals surface area contributed by atoms with Crippen LogP contribution in [0.4, 0.5) is 5.82 Å². The Hall–Kier alpha value is -2.47. The van der Waals surface area contributed by atoms with E-state index in [1.165, 1.54) is 18.4 Å². The van der Waals surface area contributed by atoms with Gasteiger partial charge in [0.2, 0.25) is 0 Å². The van der Waals surface area contributed by atoms with E-state index < -0.39 is 0 Å². The largest absolute Gasteiger partial charge is 0.355 e. The average Bonchev–Trinajstić information content (AvgIpc) is 2.99. The van der Waals surface area contributed by atoms with E-state index in [-0.39, 0.29) is 5.91 Å². The smallest absolute Gasteiger partial charge is 0.274 e. The Morgan fingerprint density at radius 1 is 0.931 bits per heavy atom. The molecule has 0 unspecified atom stereocenters. The predicted octanol–water partition coefficient (Wildman–Crippen LogP) is 2.71. The van der Waals surface area contributed by atoms with E-state index in [1.807, 2.05) is 17.0 Å². The Kier molecular flexibility index (Phi) is 6.39. The second-order valence-corrected chi connectivity index (χ2v) is 8.35. The molecule has 6 heteroatoms. The molecule has 2 aliphatic rings. The number of hydrogen-bond acceptors (Lipinski definition) is 5. The van der Waals surface area contributed by atoms with Crippen molar-refractivity contribution in [2.45, 2.75) is 25.7 Å². The summed E-state index contributed by atoms with van der Waals surface area (Å²) in [5.41, 5.74) is 1.88. The van der Waals surface area contributed by atoms with Crippen molar-refractivity contribution in [1.29, 1.82) is 0 Å². The van der Waals surface area contributed by atoms with Crippen LogP contribution in [-0.4, -0.2) is 72.2 Å². The van der Waals surface area contributed by atoms with Gasteiger partial charge in [-0.2, -0.15) is 0 Å². The van der Waals surface area contributed by atoms with E-state index in [0.717, 1.165) is 63.8 Å². The molecule has 1 aromatic heterocycles. The van der Waals surface area contributed by atoms with Crippen LogP contribution in [0, 0.1) is 5.92 Å². The van der Waals surface area contributed by atoms with Crippen LogP contribution in [0.15, 0.2) is 42.5 Å². The van der Waals surface area contributed by atoms with Crippen LogP contribution in [0.3, 0.4) is 0 Å². The molecule has 2 saturated heterocycles. The van der Waals surface area contributed by atoms with Crippen molar-refractivity contribution in [2.75, 3.05) is 51.2 Å². The Morgan fingerprint density at radius 2 is 1.72 bits per heavy atom. The SMILES string of the molecule is CN1CCCN(C(=O)c2ccc(N3CCC(Cc4ccccc4)CC3)nn2)CC1. The van der Waals surface area contributed by atoms with Crippen molar-refractivity contribution in [2.24, 2.45) is 5.92 Å². The molecule has 2 aliphatic heterocycles. The quantitative estimate of drug-likeness (QED) is 0.799. The highest BCUT2D eigenvalue weighted by atomic mass is 16.2. The van der Waals surface area contributed by atoms with Crippen LogP contribution in [0.25, 0.3) is 0 Å². The first-order valence-electron chi connectivity index (χ1n) is 10.8. The molecule has 0 aliphatic carbocycles. The minimum Gasteiger partial charge on any atom is -0.355 e. The summed E-state index contributed by atoms with van der Waals surface area (Å²) in [4.78, 5) is 19.2. The predicted molar refractivity (Wildman–Crippen MR) is 115 cm³/mol. The summed E-state index contributed by atoms with van der Waals surface area (Å²) in [5.74, 6) is 1.61. The minimum absolute atomic E-state index is 0.000851. The van der Waals surface area contributed by atoms with Gasteiger partial charge < -0.3 is 14.7 Å². The normalized spacial score (nSPS) is 19.2. The van der Waals surface area contributed by atoms with Crippen molar-refractivity contribution in [3.05, 3.63) is 53.7 Å². The second kappa shape index (κ2) is 9.35. The molecular weight excluding hydrogens is 362 g/mol. The molecule has 154 valence electrons. The summed E-state index contributed by atoms with van der Waals surface area (Å²) in [5, 5.41) is 8.65. The molecule has 4 rings (SSSR count). The highest BCUT2D eigenvalue weighted by Crippen LogP contribution is 2.24. The van der Waals surface area contributed by atoms with Gasteiger partial charge >= 0.3 is 0 Å². The van der Waals surface area contributed by atoms with Gasteiger partial charge in [0, 0.05) is 32.7 Å². The summed E-state index contributed by atoms with van der Waals surface area (Å²) >= 11 is 0. The second-order valence-electron chi connectivity index (χ2n) is 8.35. The van der Waals surface area contributed by atoms with Crippen LogP contribution >= 0.6 is 0 Å². The molecule has 2 aromatic rings. The molecule has 29 heavy (non-hydrogen) atoms. The van der Waals surface area contributed by atoms with Crippen molar-refractivity contribution in [3.63, 3.8) is 0 Å². The zero-order valence-electron chi connectivity index (χ0n) is 17.3. The number of likely N-dealkylation sites (N-methyl/N-ethyl adjacent to an activating group) is 1. The zero-order chi connectivity index (χ0) is 20.1. The summed E-state index contributed by atoms with van der Waals surface area (Å²) in [6.07, 6.45) is 4.49. The van der Waals surface area contributed by atoms with Gasteiger partial charge in [-0.1, -0.05) is 30.3 Å². The first-order valence-corrected chi connectivity index (χ1v) is 10.8. The number of piperidine rings is 1. The Morgan fingerprint density at radius 3 is 2.45 bits per heavy atom. The standard InChI is InChI=1S/C23H31N5O/c1-26-12-5-13-28(17-16-26)23(29)21-8-9-22(25-24-21)27-14-10-20(11-15-27)18-19-6-3-2-4-7-19/h2-4,6-9,20H,5,10-18H2,1H3. The number of anilines is 1. The number of carbonyl (C=O) groups is 1. The molecule has 0 N–H and O–H groups in total. The molecule has 0 atom stereocenters. The van der Waals surface area contributed by atoms with E-state index in [1.54, 1.807) is 0 Å². The average molecular weight is 394 g/mol. The third-order valence-electron chi connectivity index (χ3n) is 6.18. The maximum atomic E-state index is 12.8. The number of aromatic nitrogens is 2. The lowest BCUT2D eigenvalue weighted by Crippen LogP contribution is -2.36. The van der Waals surface area contributed by atoms with Crippen LogP contribution < -0.4 is 4.90 Å². The molecular formula is C23H31N5O. The molecule has 1 amide bonds. The van der Waals surface area contributed by atoms with Crippen molar-refractivity contribution < 1.29 is 4.79 Å². The Bertz CT molecular complexity index is 787. The van der Waals surface area contributed by atoms with Crippen LogP contribution in [0.2, 0.25) is 0 Å². The van der Waals surface area contributed by atoms with E-state index >= 15 is 0 Å². The third kappa shape index (κ3) is 5.12. The summed E-state index contributed by atoms with van der Waals surface area (Å²) in [7, 11) is 2.10. The van der Waals surface area contributed by atoms with E-state index in [0.29, 0.717) is 5.69 Å². The maximum absolute atomic E-state index is 12.8. The van der Waals surface area contributed by atoms with E-state index in [2.05, 4.69) is 57.4 Å². The number of benzene rings is 1. The Labute approximate surface area is 173 Å². The molecule has 0 spiro atoms. The van der Waals surface area contributed by atoms with Crippen LogP contribution in [0.5, 0.6) is 0 Å². The summed E-state index contributed by atoms with van der Waals surface area (Å²) in [6.45, 7) is 5.49. The van der Waals surface area contributed by atoms with Crippen molar-refractivity contribution >= 4 is 11.7 Å². The molecule has 0 bridgehead atoms. The van der Waals surface area contributed by atoms with Gasteiger partial charge in [-0.05, 0) is 62.9 Å². The topological polar surface area (TPSA) is 52.6 Å². The fraction of sp³-hybridized carbons (Fsp3) is 0.522. The number of hydrogen-bond donors (Lipinski definition) is 0. The van der Waals surface area contributed by atoms with Crippen molar-refractivity contribution in [3.8, 4) is 0 Å². The van der Waals surface area contributed by atoms with Gasteiger partial charge in [0.25, 0.3) is 5.91 Å². The highest BCUT2D eigenvalue weighted by Gasteiger charge is 2.23. The first kappa shape index (κ1) is 19.8. The summed E-state index contributed by atoms with van der Waals surface area (Å²) < 4.78 is 0. The van der Waals surface area contributed by atoms with Crippen LogP contribution in [0.1, 0.15) is 35.3 Å². The Balaban J connectivity index is 1.31. The van der Waals surface area contributed by atoms with Gasteiger partial charge in [0.15, 0.2) is 11.5 Å². The summed E-state index contributed by atoms with van der Waals surface area (Å²) in [6, 6.07) is 14.5. The minimum atomic E-state index is 0.000851. The van der Waals surface area contributed by atoms with E-state index in [9.17, 15) is 4.79 Å². The van der Waals surface area contributed by atoms with Gasteiger partial charge in [0.05, 0.1) is 0 Å². The van der Waals surface area contributed by atoms with E-state index in [4.69, 9.17) is 0 Å². The molecule has 3 heterocycles. The molecule has 0 saturated carbocycles. The lowest BCUT2D eigenvalue weighted by atomic mass is 9.90. The fourth-order valence-electron chi connectivity index (χ4n) is 4.33. The van der Waals surface area contributed by atoms with Crippen LogP contribution in [-0.2, 0) is 6.42 Å². The van der Waals surface area contributed by atoms with Gasteiger partial charge in [-0.3, -0.25) is 4.79 Å². The number of carbonyl (C=O) groups excluding carboxylic acids is 1.